The minimum absolute atomic E-state index is 0.0410. The van der Waals surface area contributed by atoms with E-state index < -0.39 is 0 Å². The third kappa shape index (κ3) is 2.39. The SMILES string of the molecule is Cn1ccc(C(=O)N2CCC[C@H]3CCCC[C@H]32)cc1=O. The molecule has 1 saturated heterocycles. The molecule has 1 amide bonds. The van der Waals surface area contributed by atoms with Crippen LogP contribution in [0, 0.1) is 5.92 Å². The predicted molar refractivity (Wildman–Crippen MR) is 77.7 cm³/mol. The van der Waals surface area contributed by atoms with Crippen LogP contribution in [-0.4, -0.2) is 28.0 Å². The van der Waals surface area contributed by atoms with Crippen molar-refractivity contribution in [2.75, 3.05) is 6.54 Å². The van der Waals surface area contributed by atoms with Crippen LogP contribution in [0.3, 0.4) is 0 Å². The van der Waals surface area contributed by atoms with Crippen LogP contribution in [0.1, 0.15) is 48.9 Å². The Labute approximate surface area is 119 Å². The van der Waals surface area contributed by atoms with Gasteiger partial charge in [0.25, 0.3) is 11.5 Å². The molecule has 0 radical (unpaired) electrons. The lowest BCUT2D eigenvalue weighted by molar-refractivity contribution is 0.0390. The Balaban J connectivity index is 1.84. The predicted octanol–water partition coefficient (Wildman–Crippen LogP) is 2.18. The lowest BCUT2D eigenvalue weighted by Gasteiger charge is -2.44. The Kier molecular flexibility index (Phi) is 3.64. The number of hydrogen-bond acceptors (Lipinski definition) is 2. The fourth-order valence-corrected chi connectivity index (χ4v) is 3.72. The van der Waals surface area contributed by atoms with E-state index in [1.807, 2.05) is 4.90 Å². The van der Waals surface area contributed by atoms with Gasteiger partial charge in [-0.05, 0) is 37.7 Å². The quantitative estimate of drug-likeness (QED) is 0.787. The molecule has 0 bridgehead atoms. The van der Waals surface area contributed by atoms with Gasteiger partial charge in [0.05, 0.1) is 0 Å². The molecule has 2 atom stereocenters. The molecule has 2 heterocycles. The molecule has 1 saturated carbocycles. The summed E-state index contributed by atoms with van der Waals surface area (Å²) in [4.78, 5) is 26.4. The van der Waals surface area contributed by atoms with Crippen LogP contribution in [0.4, 0.5) is 0 Å². The van der Waals surface area contributed by atoms with Gasteiger partial charge in [-0.3, -0.25) is 9.59 Å². The first-order valence-corrected chi connectivity index (χ1v) is 7.64. The van der Waals surface area contributed by atoms with Crippen molar-refractivity contribution < 1.29 is 4.79 Å². The topological polar surface area (TPSA) is 42.3 Å². The van der Waals surface area contributed by atoms with E-state index in [9.17, 15) is 9.59 Å². The van der Waals surface area contributed by atoms with Gasteiger partial charge < -0.3 is 9.47 Å². The van der Waals surface area contributed by atoms with Crippen molar-refractivity contribution in [3.05, 3.63) is 34.2 Å². The number of carbonyl (C=O) groups excluding carboxylic acids is 1. The Bertz CT molecular complexity index is 562. The number of aromatic nitrogens is 1. The summed E-state index contributed by atoms with van der Waals surface area (Å²) in [6, 6.07) is 3.62. The molecule has 1 aliphatic carbocycles. The van der Waals surface area contributed by atoms with Crippen molar-refractivity contribution in [2.45, 2.75) is 44.6 Å². The average molecular weight is 274 g/mol. The van der Waals surface area contributed by atoms with Crippen molar-refractivity contribution in [1.82, 2.24) is 9.47 Å². The van der Waals surface area contributed by atoms with E-state index in [-0.39, 0.29) is 11.5 Å². The second-order valence-electron chi connectivity index (χ2n) is 6.12. The molecule has 0 aromatic carbocycles. The molecule has 2 fully saturated rings. The molecule has 1 aromatic heterocycles. The number of fused-ring (bicyclic) bond motifs is 1. The van der Waals surface area contributed by atoms with Crippen molar-refractivity contribution in [1.29, 1.82) is 0 Å². The zero-order valence-corrected chi connectivity index (χ0v) is 12.0. The van der Waals surface area contributed by atoms with Gasteiger partial charge in [0, 0.05) is 37.5 Å². The summed E-state index contributed by atoms with van der Waals surface area (Å²) in [7, 11) is 1.70. The lowest BCUT2D eigenvalue weighted by atomic mass is 9.78. The van der Waals surface area contributed by atoms with Gasteiger partial charge in [-0.1, -0.05) is 12.8 Å². The number of piperidine rings is 1. The van der Waals surface area contributed by atoms with E-state index in [1.165, 1.54) is 36.3 Å². The molecular formula is C16H22N2O2. The molecule has 4 nitrogen and oxygen atoms in total. The highest BCUT2D eigenvalue weighted by molar-refractivity contribution is 5.94. The molecule has 3 rings (SSSR count). The maximum Gasteiger partial charge on any atom is 0.254 e. The standard InChI is InChI=1S/C16H22N2O2/c1-17-10-8-13(11-15(17)19)16(20)18-9-4-6-12-5-2-3-7-14(12)18/h8,10-12,14H,2-7,9H2,1H3/t12-,14-/m1/s1. The number of nitrogens with zero attached hydrogens (tertiary/aromatic N) is 2. The fraction of sp³-hybridized carbons (Fsp3) is 0.625. The maximum absolute atomic E-state index is 12.7. The number of rotatable bonds is 1. The minimum Gasteiger partial charge on any atom is -0.335 e. The van der Waals surface area contributed by atoms with E-state index in [0.717, 1.165) is 19.4 Å². The van der Waals surface area contributed by atoms with Crippen molar-refractivity contribution in [2.24, 2.45) is 13.0 Å². The van der Waals surface area contributed by atoms with E-state index in [1.54, 1.807) is 19.3 Å². The van der Waals surface area contributed by atoms with Crippen LogP contribution in [0.5, 0.6) is 0 Å². The second kappa shape index (κ2) is 5.43. The lowest BCUT2D eigenvalue weighted by Crippen LogP contribution is -2.49. The summed E-state index contributed by atoms with van der Waals surface area (Å²) < 4.78 is 1.50. The van der Waals surface area contributed by atoms with Crippen LogP contribution in [0.2, 0.25) is 0 Å². The van der Waals surface area contributed by atoms with Gasteiger partial charge in [-0.15, -0.1) is 0 Å². The highest BCUT2D eigenvalue weighted by Gasteiger charge is 2.35. The molecular weight excluding hydrogens is 252 g/mol. The van der Waals surface area contributed by atoms with E-state index in [0.29, 0.717) is 17.5 Å². The summed E-state index contributed by atoms with van der Waals surface area (Å²) in [5, 5.41) is 0. The summed E-state index contributed by atoms with van der Waals surface area (Å²) in [5.74, 6) is 0.715. The third-order valence-corrected chi connectivity index (χ3v) is 4.86. The van der Waals surface area contributed by atoms with Crippen molar-refractivity contribution >= 4 is 5.91 Å². The number of likely N-dealkylation sites (tertiary alicyclic amines) is 1. The summed E-state index contributed by atoms with van der Waals surface area (Å²) in [5.41, 5.74) is 0.423. The number of pyridine rings is 1. The molecule has 0 spiro atoms. The third-order valence-electron chi connectivity index (χ3n) is 4.86. The zero-order chi connectivity index (χ0) is 14.1. The molecule has 1 aromatic rings. The van der Waals surface area contributed by atoms with Crippen LogP contribution < -0.4 is 5.56 Å². The zero-order valence-electron chi connectivity index (χ0n) is 12.0. The van der Waals surface area contributed by atoms with Gasteiger partial charge >= 0.3 is 0 Å². The largest absolute Gasteiger partial charge is 0.335 e. The smallest absolute Gasteiger partial charge is 0.254 e. The van der Waals surface area contributed by atoms with E-state index in [2.05, 4.69) is 0 Å². The molecule has 4 heteroatoms. The van der Waals surface area contributed by atoms with Gasteiger partial charge in [0.15, 0.2) is 0 Å². The van der Waals surface area contributed by atoms with Crippen molar-refractivity contribution in [3.63, 3.8) is 0 Å². The second-order valence-corrected chi connectivity index (χ2v) is 6.12. The van der Waals surface area contributed by atoms with Crippen LogP contribution in [0.15, 0.2) is 23.1 Å². The Morgan fingerprint density at radius 3 is 2.75 bits per heavy atom. The summed E-state index contributed by atoms with van der Waals surface area (Å²) in [6.45, 7) is 0.842. The first kappa shape index (κ1) is 13.4. The van der Waals surface area contributed by atoms with Gasteiger partial charge in [0.2, 0.25) is 0 Å². The normalized spacial score (nSPS) is 26.1. The molecule has 108 valence electrons. The maximum atomic E-state index is 12.7. The van der Waals surface area contributed by atoms with Gasteiger partial charge in [-0.25, -0.2) is 0 Å². The molecule has 1 aliphatic heterocycles. The average Bonchev–Trinajstić information content (AvgIpc) is 2.49. The van der Waals surface area contributed by atoms with E-state index >= 15 is 0 Å². The Hall–Kier alpha value is -1.58. The number of hydrogen-bond donors (Lipinski definition) is 0. The Morgan fingerprint density at radius 1 is 1.20 bits per heavy atom. The van der Waals surface area contributed by atoms with Crippen LogP contribution >= 0.6 is 0 Å². The first-order valence-electron chi connectivity index (χ1n) is 7.64. The Morgan fingerprint density at radius 2 is 1.95 bits per heavy atom. The van der Waals surface area contributed by atoms with Gasteiger partial charge in [0.1, 0.15) is 0 Å². The first-order chi connectivity index (χ1) is 9.66. The highest BCUT2D eigenvalue weighted by Crippen LogP contribution is 2.35. The summed E-state index contributed by atoms with van der Waals surface area (Å²) in [6.07, 6.45) is 8.93. The fourth-order valence-electron chi connectivity index (χ4n) is 3.72. The number of aryl methyl sites for hydroxylation is 1. The molecule has 2 aliphatic rings. The highest BCUT2D eigenvalue weighted by atomic mass is 16.2. The van der Waals surface area contributed by atoms with E-state index in [4.69, 9.17) is 0 Å². The van der Waals surface area contributed by atoms with Gasteiger partial charge in [-0.2, -0.15) is 0 Å². The number of carbonyl (C=O) groups is 1. The molecule has 0 unspecified atom stereocenters. The van der Waals surface area contributed by atoms with Crippen LogP contribution in [-0.2, 0) is 7.05 Å². The van der Waals surface area contributed by atoms with Crippen LogP contribution in [0.25, 0.3) is 0 Å². The van der Waals surface area contributed by atoms with Crippen molar-refractivity contribution in [3.8, 4) is 0 Å². The molecule has 20 heavy (non-hydrogen) atoms. The monoisotopic (exact) mass is 274 g/mol. The molecule has 0 N–H and O–H groups in total. The number of amides is 1. The summed E-state index contributed by atoms with van der Waals surface area (Å²) >= 11 is 0. The minimum atomic E-state index is -0.118.